The van der Waals surface area contributed by atoms with Crippen LogP contribution in [0, 0.1) is 11.8 Å². The zero-order valence-electron chi connectivity index (χ0n) is 14.5. The van der Waals surface area contributed by atoms with E-state index in [-0.39, 0.29) is 18.6 Å². The predicted octanol–water partition coefficient (Wildman–Crippen LogP) is 2.11. The summed E-state index contributed by atoms with van der Waals surface area (Å²) < 4.78 is 10.5. The van der Waals surface area contributed by atoms with E-state index >= 15 is 0 Å². The Balaban J connectivity index is 2.07. The third-order valence-electron chi connectivity index (χ3n) is 4.82. The van der Waals surface area contributed by atoms with Gasteiger partial charge in [-0.2, -0.15) is 0 Å². The molecule has 2 amide bonds. The monoisotopic (exact) mass is 334 g/mol. The maximum absolute atomic E-state index is 12.5. The second-order valence-electron chi connectivity index (χ2n) is 6.47. The number of nitrogens with two attached hydrogens (primary N) is 1. The molecule has 0 aliphatic heterocycles. The molecule has 6 nitrogen and oxygen atoms in total. The summed E-state index contributed by atoms with van der Waals surface area (Å²) in [4.78, 5) is 23.3. The van der Waals surface area contributed by atoms with Crippen molar-refractivity contribution in [2.24, 2.45) is 17.6 Å². The van der Waals surface area contributed by atoms with E-state index in [0.717, 1.165) is 12.8 Å². The Kier molecular flexibility index (Phi) is 6.06. The summed E-state index contributed by atoms with van der Waals surface area (Å²) in [5.41, 5.74) is 5.57. The van der Waals surface area contributed by atoms with E-state index in [0.29, 0.717) is 28.9 Å². The highest BCUT2D eigenvalue weighted by Gasteiger charge is 2.28. The fraction of sp³-hybridized carbons (Fsp3) is 0.556. The number of nitrogens with one attached hydrogen (secondary N) is 1. The summed E-state index contributed by atoms with van der Waals surface area (Å²) in [5.74, 6) is 1.16. The second-order valence-corrected chi connectivity index (χ2v) is 6.47. The Morgan fingerprint density at radius 3 is 2.67 bits per heavy atom. The minimum atomic E-state index is -0.570. The molecule has 1 aromatic rings. The first-order valence-electron chi connectivity index (χ1n) is 8.32. The van der Waals surface area contributed by atoms with Crippen molar-refractivity contribution in [3.8, 4) is 11.5 Å². The summed E-state index contributed by atoms with van der Waals surface area (Å²) in [5, 5.41) is 3.13. The van der Waals surface area contributed by atoms with Crippen LogP contribution in [0.1, 0.15) is 43.5 Å². The van der Waals surface area contributed by atoms with Crippen LogP contribution in [-0.4, -0.2) is 31.6 Å². The number of carbonyl (C=O) groups excluding carboxylic acids is 2. The molecule has 2 rings (SSSR count). The fourth-order valence-electron chi connectivity index (χ4n) is 3.11. The summed E-state index contributed by atoms with van der Waals surface area (Å²) in [7, 11) is 1.49. The molecule has 1 aromatic carbocycles. The number of benzene rings is 1. The molecule has 6 heteroatoms. The molecule has 24 heavy (non-hydrogen) atoms. The Bertz CT molecular complexity index is 603. The first-order chi connectivity index (χ1) is 11.4. The highest BCUT2D eigenvalue weighted by molar-refractivity contribution is 5.95. The molecule has 0 radical (unpaired) electrons. The van der Waals surface area contributed by atoms with Crippen molar-refractivity contribution in [2.45, 2.75) is 39.2 Å². The summed E-state index contributed by atoms with van der Waals surface area (Å²) in [6, 6.07) is 5.08. The van der Waals surface area contributed by atoms with Crippen LogP contribution < -0.4 is 20.5 Å². The van der Waals surface area contributed by atoms with Crippen LogP contribution in [0.15, 0.2) is 18.2 Å². The van der Waals surface area contributed by atoms with Gasteiger partial charge in [-0.05, 0) is 36.5 Å². The number of carbonyl (C=O) groups is 2. The summed E-state index contributed by atoms with van der Waals surface area (Å²) in [6.45, 7) is 4.19. The molecule has 0 aromatic heterocycles. The summed E-state index contributed by atoms with van der Waals surface area (Å²) >= 11 is 0. The van der Waals surface area contributed by atoms with Crippen LogP contribution in [-0.2, 0) is 4.79 Å². The maximum atomic E-state index is 12.5. The third-order valence-corrected chi connectivity index (χ3v) is 4.82. The van der Waals surface area contributed by atoms with E-state index in [1.54, 1.807) is 18.2 Å². The number of amides is 2. The van der Waals surface area contributed by atoms with Gasteiger partial charge in [0, 0.05) is 11.6 Å². The van der Waals surface area contributed by atoms with Crippen LogP contribution >= 0.6 is 0 Å². The molecular weight excluding hydrogens is 308 g/mol. The summed E-state index contributed by atoms with van der Waals surface area (Å²) in [6.07, 6.45) is 3.36. The van der Waals surface area contributed by atoms with Crippen LogP contribution in [0.4, 0.5) is 0 Å². The van der Waals surface area contributed by atoms with E-state index in [1.807, 2.05) is 0 Å². The lowest BCUT2D eigenvalue weighted by Crippen LogP contribution is -2.43. The lowest BCUT2D eigenvalue weighted by atomic mass is 9.78. The largest absolute Gasteiger partial charge is 0.493 e. The molecule has 1 aliphatic rings. The molecule has 0 heterocycles. The quantitative estimate of drug-likeness (QED) is 0.833. The topological polar surface area (TPSA) is 90.7 Å². The Morgan fingerprint density at radius 2 is 2.00 bits per heavy atom. The van der Waals surface area contributed by atoms with Gasteiger partial charge >= 0.3 is 0 Å². The van der Waals surface area contributed by atoms with Crippen molar-refractivity contribution in [2.75, 3.05) is 13.7 Å². The Morgan fingerprint density at radius 1 is 1.25 bits per heavy atom. The first kappa shape index (κ1) is 18.1. The van der Waals surface area contributed by atoms with E-state index < -0.39 is 5.91 Å². The standard InChI is InChI=1S/C18H26N2O4/c1-11-5-4-6-14(12(11)2)20-18(22)13-7-8-15(16(9-13)23-3)24-10-17(19)21/h7-9,11-12,14H,4-6,10H2,1-3H3,(H2,19,21)(H,20,22). The average molecular weight is 334 g/mol. The number of methoxy groups -OCH3 is 1. The van der Waals surface area contributed by atoms with E-state index in [4.69, 9.17) is 15.2 Å². The van der Waals surface area contributed by atoms with Gasteiger partial charge < -0.3 is 20.5 Å². The number of hydrogen-bond donors (Lipinski definition) is 2. The van der Waals surface area contributed by atoms with Crippen LogP contribution in [0.2, 0.25) is 0 Å². The smallest absolute Gasteiger partial charge is 0.255 e. The molecule has 1 fully saturated rings. The van der Waals surface area contributed by atoms with E-state index in [2.05, 4.69) is 19.2 Å². The highest BCUT2D eigenvalue weighted by atomic mass is 16.5. The highest BCUT2D eigenvalue weighted by Crippen LogP contribution is 2.31. The van der Waals surface area contributed by atoms with Crippen LogP contribution in [0.5, 0.6) is 11.5 Å². The number of rotatable bonds is 6. The molecule has 1 aliphatic carbocycles. The minimum absolute atomic E-state index is 0.124. The van der Waals surface area contributed by atoms with Gasteiger partial charge in [0.15, 0.2) is 18.1 Å². The minimum Gasteiger partial charge on any atom is -0.493 e. The molecule has 0 saturated heterocycles. The molecular formula is C18H26N2O4. The van der Waals surface area contributed by atoms with Crippen molar-refractivity contribution in [3.05, 3.63) is 23.8 Å². The van der Waals surface area contributed by atoms with Crippen molar-refractivity contribution >= 4 is 11.8 Å². The maximum Gasteiger partial charge on any atom is 0.255 e. The number of ether oxygens (including phenoxy) is 2. The molecule has 3 unspecified atom stereocenters. The molecule has 132 valence electrons. The fourth-order valence-corrected chi connectivity index (χ4v) is 3.11. The van der Waals surface area contributed by atoms with Crippen molar-refractivity contribution < 1.29 is 19.1 Å². The van der Waals surface area contributed by atoms with Gasteiger partial charge in [0.2, 0.25) is 0 Å². The van der Waals surface area contributed by atoms with Crippen LogP contribution in [0.25, 0.3) is 0 Å². The molecule has 0 bridgehead atoms. The van der Waals surface area contributed by atoms with Crippen molar-refractivity contribution in [3.63, 3.8) is 0 Å². The Labute approximate surface area is 142 Å². The molecule has 3 N–H and O–H groups in total. The first-order valence-corrected chi connectivity index (χ1v) is 8.32. The van der Waals surface area contributed by atoms with E-state index in [9.17, 15) is 9.59 Å². The molecule has 3 atom stereocenters. The zero-order valence-corrected chi connectivity index (χ0v) is 14.5. The lowest BCUT2D eigenvalue weighted by Gasteiger charge is -2.34. The molecule has 0 spiro atoms. The van der Waals surface area contributed by atoms with Gasteiger partial charge in [0.05, 0.1) is 7.11 Å². The van der Waals surface area contributed by atoms with Crippen LogP contribution in [0.3, 0.4) is 0 Å². The normalized spacial score (nSPS) is 23.4. The Hall–Kier alpha value is -2.24. The van der Waals surface area contributed by atoms with Gasteiger partial charge in [0.1, 0.15) is 0 Å². The predicted molar refractivity (Wildman–Crippen MR) is 91.1 cm³/mol. The SMILES string of the molecule is COc1cc(C(=O)NC2CCCC(C)C2C)ccc1OCC(N)=O. The van der Waals surface area contributed by atoms with Gasteiger partial charge in [-0.25, -0.2) is 0 Å². The van der Waals surface area contributed by atoms with Gasteiger partial charge in [-0.1, -0.05) is 26.7 Å². The second kappa shape index (κ2) is 8.04. The van der Waals surface area contributed by atoms with Crippen molar-refractivity contribution in [1.29, 1.82) is 0 Å². The third kappa shape index (κ3) is 4.40. The lowest BCUT2D eigenvalue weighted by molar-refractivity contribution is -0.119. The van der Waals surface area contributed by atoms with Gasteiger partial charge in [-0.15, -0.1) is 0 Å². The van der Waals surface area contributed by atoms with Gasteiger partial charge in [0.25, 0.3) is 11.8 Å². The van der Waals surface area contributed by atoms with Gasteiger partial charge in [-0.3, -0.25) is 9.59 Å². The average Bonchev–Trinajstić information content (AvgIpc) is 2.56. The number of hydrogen-bond acceptors (Lipinski definition) is 4. The van der Waals surface area contributed by atoms with E-state index in [1.165, 1.54) is 13.5 Å². The zero-order chi connectivity index (χ0) is 17.7. The van der Waals surface area contributed by atoms with Crippen molar-refractivity contribution in [1.82, 2.24) is 5.32 Å². The molecule has 1 saturated carbocycles. The number of primary amides is 1.